The lowest BCUT2D eigenvalue weighted by molar-refractivity contribution is 0.191. The molecule has 0 bridgehead atoms. The minimum Gasteiger partial charge on any atom is -0.330 e. The average molecular weight is 210 g/mol. The van der Waals surface area contributed by atoms with Crippen LogP contribution in [0.25, 0.3) is 0 Å². The van der Waals surface area contributed by atoms with Gasteiger partial charge < -0.3 is 11.1 Å². The molecule has 0 heterocycles. The van der Waals surface area contributed by atoms with Crippen molar-refractivity contribution in [2.75, 3.05) is 19.6 Å². The summed E-state index contributed by atoms with van der Waals surface area (Å²) in [4.78, 5) is 0. The molecule has 3 N–H and O–H groups in total. The SMILES string of the molecule is CC1CC1CNCC1(CN)CCCCC1. The van der Waals surface area contributed by atoms with Crippen LogP contribution in [0, 0.1) is 17.3 Å². The van der Waals surface area contributed by atoms with Gasteiger partial charge in [-0.1, -0.05) is 26.2 Å². The predicted octanol–water partition coefficient (Wildman–Crippen LogP) is 2.14. The first-order valence-electron chi connectivity index (χ1n) is 6.66. The Hall–Kier alpha value is -0.0800. The predicted molar refractivity (Wildman–Crippen MR) is 64.7 cm³/mol. The van der Waals surface area contributed by atoms with E-state index >= 15 is 0 Å². The van der Waals surface area contributed by atoms with Gasteiger partial charge in [0, 0.05) is 6.54 Å². The zero-order valence-electron chi connectivity index (χ0n) is 10.1. The van der Waals surface area contributed by atoms with Crippen LogP contribution in [0.3, 0.4) is 0 Å². The first-order chi connectivity index (χ1) is 7.26. The van der Waals surface area contributed by atoms with Gasteiger partial charge in [0.25, 0.3) is 0 Å². The molecule has 0 amide bonds. The second kappa shape index (κ2) is 4.84. The fourth-order valence-electron chi connectivity index (χ4n) is 2.96. The van der Waals surface area contributed by atoms with E-state index in [0.29, 0.717) is 5.41 Å². The second-order valence-corrected chi connectivity index (χ2v) is 5.87. The lowest BCUT2D eigenvalue weighted by atomic mass is 9.74. The molecule has 88 valence electrons. The summed E-state index contributed by atoms with van der Waals surface area (Å²) in [5.74, 6) is 1.93. The first kappa shape index (κ1) is 11.4. The highest BCUT2D eigenvalue weighted by atomic mass is 14.9. The first-order valence-corrected chi connectivity index (χ1v) is 6.66. The zero-order chi connectivity index (χ0) is 10.7. The smallest absolute Gasteiger partial charge is 0.00200 e. The van der Waals surface area contributed by atoms with Crippen LogP contribution in [-0.4, -0.2) is 19.6 Å². The van der Waals surface area contributed by atoms with Gasteiger partial charge in [-0.05, 0) is 49.6 Å². The van der Waals surface area contributed by atoms with E-state index in [0.717, 1.165) is 24.9 Å². The fourth-order valence-corrected chi connectivity index (χ4v) is 2.96. The van der Waals surface area contributed by atoms with E-state index in [1.807, 2.05) is 0 Å². The Kier molecular flexibility index (Phi) is 3.68. The van der Waals surface area contributed by atoms with E-state index in [4.69, 9.17) is 5.73 Å². The molecule has 2 saturated carbocycles. The molecule has 0 aromatic heterocycles. The maximum atomic E-state index is 5.96. The van der Waals surface area contributed by atoms with Crippen molar-refractivity contribution in [2.45, 2.75) is 45.4 Å². The highest BCUT2D eigenvalue weighted by Gasteiger charge is 2.34. The van der Waals surface area contributed by atoms with Crippen LogP contribution < -0.4 is 11.1 Å². The van der Waals surface area contributed by atoms with Gasteiger partial charge in [-0.3, -0.25) is 0 Å². The van der Waals surface area contributed by atoms with Crippen LogP contribution in [0.4, 0.5) is 0 Å². The number of nitrogens with one attached hydrogen (secondary N) is 1. The van der Waals surface area contributed by atoms with E-state index in [1.165, 1.54) is 45.1 Å². The van der Waals surface area contributed by atoms with E-state index in [1.54, 1.807) is 0 Å². The van der Waals surface area contributed by atoms with Crippen molar-refractivity contribution >= 4 is 0 Å². The van der Waals surface area contributed by atoms with Gasteiger partial charge in [0.1, 0.15) is 0 Å². The highest BCUT2D eigenvalue weighted by molar-refractivity contribution is 4.88. The van der Waals surface area contributed by atoms with E-state index in [-0.39, 0.29) is 0 Å². The fraction of sp³-hybridized carbons (Fsp3) is 1.00. The van der Waals surface area contributed by atoms with Gasteiger partial charge in [-0.15, -0.1) is 0 Å². The quantitative estimate of drug-likeness (QED) is 0.729. The molecule has 0 aromatic carbocycles. The third kappa shape index (κ3) is 2.94. The number of nitrogens with two attached hydrogens (primary N) is 1. The Labute approximate surface area is 94.0 Å². The summed E-state index contributed by atoms with van der Waals surface area (Å²) in [6, 6.07) is 0. The molecule has 2 rings (SSSR count). The Morgan fingerprint density at radius 2 is 1.93 bits per heavy atom. The van der Waals surface area contributed by atoms with Crippen LogP contribution >= 0.6 is 0 Å². The van der Waals surface area contributed by atoms with Gasteiger partial charge in [-0.2, -0.15) is 0 Å². The van der Waals surface area contributed by atoms with Crippen molar-refractivity contribution in [3.63, 3.8) is 0 Å². The monoisotopic (exact) mass is 210 g/mol. The maximum Gasteiger partial charge on any atom is 0.00200 e. The second-order valence-electron chi connectivity index (χ2n) is 5.87. The summed E-state index contributed by atoms with van der Waals surface area (Å²) in [6.45, 7) is 5.61. The van der Waals surface area contributed by atoms with Gasteiger partial charge >= 0.3 is 0 Å². The van der Waals surface area contributed by atoms with Crippen molar-refractivity contribution < 1.29 is 0 Å². The van der Waals surface area contributed by atoms with Gasteiger partial charge in [-0.25, -0.2) is 0 Å². The minimum absolute atomic E-state index is 0.441. The molecular formula is C13H26N2. The molecule has 2 heteroatoms. The summed E-state index contributed by atoms with van der Waals surface area (Å²) in [5.41, 5.74) is 6.40. The van der Waals surface area contributed by atoms with E-state index < -0.39 is 0 Å². The lowest BCUT2D eigenvalue weighted by Gasteiger charge is -2.36. The average Bonchev–Trinajstić information content (AvgIpc) is 2.96. The molecule has 0 saturated heterocycles. The lowest BCUT2D eigenvalue weighted by Crippen LogP contribution is -2.42. The zero-order valence-corrected chi connectivity index (χ0v) is 10.1. The molecule has 2 atom stereocenters. The van der Waals surface area contributed by atoms with Crippen molar-refractivity contribution in [1.82, 2.24) is 5.32 Å². The van der Waals surface area contributed by atoms with Gasteiger partial charge in [0.15, 0.2) is 0 Å². The molecule has 2 aliphatic carbocycles. The Morgan fingerprint density at radius 3 is 2.47 bits per heavy atom. The topological polar surface area (TPSA) is 38.0 Å². The molecule has 2 unspecified atom stereocenters. The third-order valence-corrected chi connectivity index (χ3v) is 4.53. The highest BCUT2D eigenvalue weighted by Crippen LogP contribution is 2.38. The molecule has 0 radical (unpaired) electrons. The molecule has 0 spiro atoms. The molecule has 2 aliphatic rings. The Morgan fingerprint density at radius 1 is 1.27 bits per heavy atom. The molecule has 2 fully saturated rings. The summed E-state index contributed by atoms with van der Waals surface area (Å²) in [5, 5.41) is 3.66. The van der Waals surface area contributed by atoms with Crippen molar-refractivity contribution in [3.05, 3.63) is 0 Å². The molecular weight excluding hydrogens is 184 g/mol. The van der Waals surface area contributed by atoms with Gasteiger partial charge in [0.05, 0.1) is 0 Å². The van der Waals surface area contributed by atoms with Gasteiger partial charge in [0.2, 0.25) is 0 Å². The summed E-state index contributed by atoms with van der Waals surface area (Å²) in [7, 11) is 0. The van der Waals surface area contributed by atoms with Crippen molar-refractivity contribution in [1.29, 1.82) is 0 Å². The summed E-state index contributed by atoms with van der Waals surface area (Å²) >= 11 is 0. The van der Waals surface area contributed by atoms with Crippen LogP contribution in [-0.2, 0) is 0 Å². The number of hydrogen-bond donors (Lipinski definition) is 2. The molecule has 15 heavy (non-hydrogen) atoms. The Bertz CT molecular complexity index is 197. The van der Waals surface area contributed by atoms with Crippen LogP contribution in [0.2, 0.25) is 0 Å². The summed E-state index contributed by atoms with van der Waals surface area (Å²) < 4.78 is 0. The minimum atomic E-state index is 0.441. The molecule has 2 nitrogen and oxygen atoms in total. The van der Waals surface area contributed by atoms with E-state index in [9.17, 15) is 0 Å². The van der Waals surface area contributed by atoms with Crippen molar-refractivity contribution in [3.8, 4) is 0 Å². The van der Waals surface area contributed by atoms with Crippen LogP contribution in [0.5, 0.6) is 0 Å². The van der Waals surface area contributed by atoms with Crippen molar-refractivity contribution in [2.24, 2.45) is 23.0 Å². The van der Waals surface area contributed by atoms with Crippen LogP contribution in [0.1, 0.15) is 45.4 Å². The molecule has 0 aliphatic heterocycles. The number of hydrogen-bond acceptors (Lipinski definition) is 2. The standard InChI is InChI=1S/C13H26N2/c1-11-7-12(11)8-15-10-13(9-14)5-3-2-4-6-13/h11-12,15H,2-10,14H2,1H3. The third-order valence-electron chi connectivity index (χ3n) is 4.53. The molecule has 0 aromatic rings. The number of rotatable bonds is 5. The summed E-state index contributed by atoms with van der Waals surface area (Å²) in [6.07, 6.45) is 8.31. The van der Waals surface area contributed by atoms with Crippen LogP contribution in [0.15, 0.2) is 0 Å². The normalized spacial score (nSPS) is 34.0. The van der Waals surface area contributed by atoms with E-state index in [2.05, 4.69) is 12.2 Å². The largest absolute Gasteiger partial charge is 0.330 e. The maximum absolute atomic E-state index is 5.96. The Balaban J connectivity index is 1.69.